The van der Waals surface area contributed by atoms with E-state index in [1.165, 1.54) is 10.6 Å². The highest BCUT2D eigenvalue weighted by Crippen LogP contribution is 2.25. The molecule has 1 atom stereocenters. The van der Waals surface area contributed by atoms with Crippen LogP contribution >= 0.6 is 0 Å². The van der Waals surface area contributed by atoms with Gasteiger partial charge in [0.2, 0.25) is 15.9 Å². The fourth-order valence-corrected chi connectivity index (χ4v) is 4.85. The van der Waals surface area contributed by atoms with Crippen molar-refractivity contribution in [1.29, 1.82) is 0 Å². The summed E-state index contributed by atoms with van der Waals surface area (Å²) in [6.45, 7) is 6.11. The maximum atomic E-state index is 12.9. The van der Waals surface area contributed by atoms with E-state index >= 15 is 0 Å². The molecule has 0 fully saturated rings. The number of benzene rings is 3. The summed E-state index contributed by atoms with van der Waals surface area (Å²) in [5.41, 5.74) is 5.71. The van der Waals surface area contributed by atoms with Crippen molar-refractivity contribution < 1.29 is 13.2 Å². The van der Waals surface area contributed by atoms with Crippen molar-refractivity contribution in [1.82, 2.24) is 5.32 Å². The van der Waals surface area contributed by atoms with E-state index in [-0.39, 0.29) is 24.9 Å². The number of anilines is 1. The minimum Gasteiger partial charge on any atom is -0.345 e. The lowest BCUT2D eigenvalue weighted by atomic mass is 9.97. The summed E-state index contributed by atoms with van der Waals surface area (Å²) in [4.78, 5) is 12.9. The fourth-order valence-electron chi connectivity index (χ4n) is 3.83. The molecule has 0 aliphatic heterocycles. The summed E-state index contributed by atoms with van der Waals surface area (Å²) in [6, 6.07) is 23.5. The summed E-state index contributed by atoms with van der Waals surface area (Å²) in [6.07, 6.45) is 1.85. The van der Waals surface area contributed by atoms with Crippen LogP contribution in [0.3, 0.4) is 0 Å². The molecule has 0 unspecified atom stereocenters. The predicted molar refractivity (Wildman–Crippen MR) is 135 cm³/mol. The Hall–Kier alpha value is -3.12. The molecular formula is C27H32N2O3S. The number of aryl methyl sites for hydroxylation is 3. The van der Waals surface area contributed by atoms with Crippen LogP contribution in [0.4, 0.5) is 5.69 Å². The van der Waals surface area contributed by atoms with E-state index in [9.17, 15) is 13.2 Å². The molecule has 6 heteroatoms. The van der Waals surface area contributed by atoms with Crippen molar-refractivity contribution in [2.24, 2.45) is 0 Å². The van der Waals surface area contributed by atoms with Gasteiger partial charge >= 0.3 is 0 Å². The van der Waals surface area contributed by atoms with Gasteiger partial charge < -0.3 is 5.32 Å². The van der Waals surface area contributed by atoms with E-state index in [2.05, 4.69) is 5.32 Å². The van der Waals surface area contributed by atoms with E-state index in [4.69, 9.17) is 0 Å². The van der Waals surface area contributed by atoms with Gasteiger partial charge in [-0.2, -0.15) is 0 Å². The summed E-state index contributed by atoms with van der Waals surface area (Å²) in [5, 5.41) is 3.13. The van der Waals surface area contributed by atoms with Gasteiger partial charge in [-0.1, -0.05) is 72.3 Å². The summed E-state index contributed by atoms with van der Waals surface area (Å²) >= 11 is 0. The maximum absolute atomic E-state index is 12.9. The zero-order chi connectivity index (χ0) is 24.0. The molecule has 0 aliphatic rings. The molecule has 174 valence electrons. The van der Waals surface area contributed by atoms with Crippen molar-refractivity contribution in [3.8, 4) is 0 Å². The van der Waals surface area contributed by atoms with Crippen LogP contribution in [-0.2, 0) is 14.8 Å². The average molecular weight is 465 g/mol. The summed E-state index contributed by atoms with van der Waals surface area (Å²) < 4.78 is 26.3. The highest BCUT2D eigenvalue weighted by atomic mass is 32.2. The number of sulfonamides is 1. The van der Waals surface area contributed by atoms with Crippen LogP contribution in [0.2, 0.25) is 0 Å². The monoisotopic (exact) mass is 464 g/mol. The average Bonchev–Trinajstić information content (AvgIpc) is 2.77. The van der Waals surface area contributed by atoms with Crippen LogP contribution in [0, 0.1) is 20.8 Å². The Morgan fingerprint density at radius 1 is 0.879 bits per heavy atom. The molecule has 33 heavy (non-hydrogen) atoms. The van der Waals surface area contributed by atoms with Gasteiger partial charge in [0.1, 0.15) is 0 Å². The predicted octanol–water partition coefficient (Wildman–Crippen LogP) is 5.06. The van der Waals surface area contributed by atoms with Crippen molar-refractivity contribution in [2.45, 2.75) is 39.7 Å². The number of carbonyl (C=O) groups excluding carboxylic acids is 1. The van der Waals surface area contributed by atoms with Crippen LogP contribution < -0.4 is 9.62 Å². The number of amides is 1. The first-order valence-corrected chi connectivity index (χ1v) is 13.0. The van der Waals surface area contributed by atoms with Gasteiger partial charge in [0.15, 0.2) is 0 Å². The van der Waals surface area contributed by atoms with Crippen LogP contribution in [0.5, 0.6) is 0 Å². The Morgan fingerprint density at radius 3 is 2.12 bits per heavy atom. The summed E-state index contributed by atoms with van der Waals surface area (Å²) in [5.74, 6) is -0.112. The Labute approximate surface area is 197 Å². The lowest BCUT2D eigenvalue weighted by molar-refractivity contribution is -0.121. The quantitative estimate of drug-likeness (QED) is 0.481. The van der Waals surface area contributed by atoms with Gasteiger partial charge in [-0.3, -0.25) is 9.10 Å². The topological polar surface area (TPSA) is 66.5 Å². The highest BCUT2D eigenvalue weighted by molar-refractivity contribution is 7.92. The van der Waals surface area contributed by atoms with Gasteiger partial charge in [-0.15, -0.1) is 0 Å². The number of nitrogens with zero attached hydrogens (tertiary/aromatic N) is 1. The Bertz CT molecular complexity index is 1190. The number of nitrogens with one attached hydrogen (secondary N) is 1. The smallest absolute Gasteiger partial charge is 0.232 e. The molecule has 0 aliphatic carbocycles. The van der Waals surface area contributed by atoms with E-state index in [1.54, 1.807) is 0 Å². The van der Waals surface area contributed by atoms with Gasteiger partial charge in [0.05, 0.1) is 18.0 Å². The largest absolute Gasteiger partial charge is 0.345 e. The van der Waals surface area contributed by atoms with Crippen molar-refractivity contribution in [3.05, 3.63) is 101 Å². The van der Waals surface area contributed by atoms with Gasteiger partial charge in [-0.25, -0.2) is 8.42 Å². The van der Waals surface area contributed by atoms with Crippen LogP contribution in [0.1, 0.15) is 46.7 Å². The molecule has 3 aromatic rings. The van der Waals surface area contributed by atoms with Crippen LogP contribution in [0.25, 0.3) is 0 Å². The Balaban J connectivity index is 1.71. The van der Waals surface area contributed by atoms with Gasteiger partial charge in [0, 0.05) is 13.0 Å². The third-order valence-electron chi connectivity index (χ3n) is 5.65. The van der Waals surface area contributed by atoms with E-state index < -0.39 is 10.0 Å². The standard InChI is InChI=1S/C27H32N2O3S/c1-20-13-16-24(17-14-20)27(23-9-6-5-7-10-23)28-26(30)11-8-18-29(33(4,31)32)25-19-21(2)12-15-22(25)3/h5-7,9-10,12-17,19,27H,8,11,18H2,1-4H3,(H,28,30)/t27-/m1/s1. The van der Waals surface area contributed by atoms with E-state index in [0.717, 1.165) is 27.8 Å². The lowest BCUT2D eigenvalue weighted by Gasteiger charge is -2.25. The molecule has 0 aromatic heterocycles. The van der Waals surface area contributed by atoms with Crippen molar-refractivity contribution in [3.63, 3.8) is 0 Å². The molecule has 0 saturated carbocycles. The number of rotatable bonds is 9. The SMILES string of the molecule is Cc1ccc([C@H](NC(=O)CCCN(c2cc(C)ccc2C)S(C)(=O)=O)c2ccccc2)cc1. The second-order valence-corrected chi connectivity index (χ2v) is 10.5. The van der Waals surface area contributed by atoms with E-state index in [0.29, 0.717) is 12.1 Å². The lowest BCUT2D eigenvalue weighted by Crippen LogP contribution is -2.33. The van der Waals surface area contributed by atoms with Crippen LogP contribution in [0.15, 0.2) is 72.8 Å². The number of hydrogen-bond donors (Lipinski definition) is 1. The Morgan fingerprint density at radius 2 is 1.48 bits per heavy atom. The van der Waals surface area contributed by atoms with E-state index in [1.807, 2.05) is 93.6 Å². The normalized spacial score (nSPS) is 12.2. The molecule has 0 radical (unpaired) electrons. The fraction of sp³-hybridized carbons (Fsp3) is 0.296. The minimum atomic E-state index is -3.47. The maximum Gasteiger partial charge on any atom is 0.232 e. The first-order chi connectivity index (χ1) is 15.6. The molecule has 3 rings (SSSR count). The zero-order valence-electron chi connectivity index (χ0n) is 19.7. The van der Waals surface area contributed by atoms with Gasteiger partial charge in [-0.05, 0) is 55.5 Å². The molecule has 0 spiro atoms. The third-order valence-corrected chi connectivity index (χ3v) is 6.83. The molecule has 0 bridgehead atoms. The first kappa shape index (κ1) is 24.5. The molecule has 0 heterocycles. The summed E-state index contributed by atoms with van der Waals surface area (Å²) in [7, 11) is -3.47. The second-order valence-electron chi connectivity index (χ2n) is 8.55. The minimum absolute atomic E-state index is 0.112. The Kier molecular flexibility index (Phi) is 7.92. The molecule has 1 amide bonds. The molecular weight excluding hydrogens is 432 g/mol. The van der Waals surface area contributed by atoms with Crippen molar-refractivity contribution in [2.75, 3.05) is 17.1 Å². The molecule has 3 aromatic carbocycles. The number of carbonyl (C=O) groups is 1. The zero-order valence-corrected chi connectivity index (χ0v) is 20.5. The van der Waals surface area contributed by atoms with Crippen molar-refractivity contribution >= 4 is 21.6 Å². The van der Waals surface area contributed by atoms with Crippen LogP contribution in [-0.4, -0.2) is 27.1 Å². The number of hydrogen-bond acceptors (Lipinski definition) is 3. The molecule has 1 N–H and O–H groups in total. The molecule has 5 nitrogen and oxygen atoms in total. The third kappa shape index (κ3) is 6.68. The van der Waals surface area contributed by atoms with Gasteiger partial charge in [0.25, 0.3) is 0 Å². The first-order valence-electron chi connectivity index (χ1n) is 11.1. The molecule has 0 saturated heterocycles. The highest BCUT2D eigenvalue weighted by Gasteiger charge is 2.21. The second kappa shape index (κ2) is 10.7.